The lowest BCUT2D eigenvalue weighted by molar-refractivity contribution is 0.176. The smallest absolute Gasteiger partial charge is 0.118 e. The molecule has 0 saturated carbocycles. The van der Waals surface area contributed by atoms with Gasteiger partial charge in [-0.25, -0.2) is 0 Å². The largest absolute Gasteiger partial charge is 0.497 e. The molecular weight excluding hydrogens is 240 g/mol. The summed E-state index contributed by atoms with van der Waals surface area (Å²) in [6, 6.07) is 9.75. The Morgan fingerprint density at radius 1 is 1.21 bits per heavy atom. The Kier molecular flexibility index (Phi) is 4.22. The normalized spacial score (nSPS) is 12.7. The number of aliphatic hydroxyl groups is 1. The van der Waals surface area contributed by atoms with Gasteiger partial charge in [0.05, 0.1) is 18.9 Å². The van der Waals surface area contributed by atoms with Crippen LogP contribution in [0.3, 0.4) is 0 Å². The van der Waals surface area contributed by atoms with Crippen molar-refractivity contribution in [1.82, 2.24) is 9.78 Å². The van der Waals surface area contributed by atoms with E-state index in [0.717, 1.165) is 17.0 Å². The van der Waals surface area contributed by atoms with Crippen molar-refractivity contribution >= 4 is 0 Å². The van der Waals surface area contributed by atoms with E-state index in [0.29, 0.717) is 12.5 Å². The van der Waals surface area contributed by atoms with E-state index in [1.807, 2.05) is 41.2 Å². The van der Waals surface area contributed by atoms with Crippen molar-refractivity contribution in [3.63, 3.8) is 0 Å². The van der Waals surface area contributed by atoms with Crippen molar-refractivity contribution in [3.05, 3.63) is 47.8 Å². The number of aromatic nitrogens is 2. The number of methoxy groups -OCH3 is 1. The summed E-state index contributed by atoms with van der Waals surface area (Å²) in [5.74, 6) is 0.792. The fourth-order valence-corrected chi connectivity index (χ4v) is 1.92. The van der Waals surface area contributed by atoms with Gasteiger partial charge in [0.15, 0.2) is 0 Å². The molecule has 1 atom stereocenters. The van der Waals surface area contributed by atoms with Gasteiger partial charge in [-0.1, -0.05) is 12.1 Å². The lowest BCUT2D eigenvalue weighted by Gasteiger charge is -2.10. The highest BCUT2D eigenvalue weighted by Crippen LogP contribution is 2.20. The Morgan fingerprint density at radius 3 is 2.42 bits per heavy atom. The van der Waals surface area contributed by atoms with Gasteiger partial charge in [0.1, 0.15) is 5.75 Å². The molecule has 0 bridgehead atoms. The summed E-state index contributed by atoms with van der Waals surface area (Å²) in [6.45, 7) is 4.16. The zero-order chi connectivity index (χ0) is 13.8. The fraction of sp³-hybridized carbons (Fsp3) is 0.400. The van der Waals surface area contributed by atoms with E-state index in [1.54, 1.807) is 7.11 Å². The second-order valence-electron chi connectivity index (χ2n) is 4.87. The maximum absolute atomic E-state index is 10.2. The van der Waals surface area contributed by atoms with Gasteiger partial charge < -0.3 is 9.84 Å². The molecule has 1 heterocycles. The second kappa shape index (κ2) is 5.89. The van der Waals surface area contributed by atoms with Crippen LogP contribution in [0.5, 0.6) is 5.75 Å². The first-order valence-corrected chi connectivity index (χ1v) is 6.46. The van der Waals surface area contributed by atoms with Gasteiger partial charge in [0.2, 0.25) is 0 Å². The lowest BCUT2D eigenvalue weighted by Crippen LogP contribution is -2.05. The van der Waals surface area contributed by atoms with Crippen molar-refractivity contribution < 1.29 is 9.84 Å². The van der Waals surface area contributed by atoms with E-state index in [-0.39, 0.29) is 0 Å². The van der Waals surface area contributed by atoms with E-state index in [9.17, 15) is 5.11 Å². The van der Waals surface area contributed by atoms with Gasteiger partial charge in [-0.15, -0.1) is 0 Å². The third-order valence-corrected chi connectivity index (χ3v) is 3.10. The summed E-state index contributed by atoms with van der Waals surface area (Å²) in [7, 11) is 1.63. The number of hydrogen-bond acceptors (Lipinski definition) is 3. The first-order chi connectivity index (χ1) is 9.10. The number of nitrogens with zero attached hydrogens (tertiary/aromatic N) is 2. The Labute approximate surface area is 113 Å². The Bertz CT molecular complexity index is 517. The summed E-state index contributed by atoms with van der Waals surface area (Å²) >= 11 is 0. The molecule has 1 N–H and O–H groups in total. The molecule has 2 aromatic rings. The molecular formula is C15H20N2O2. The van der Waals surface area contributed by atoms with Crippen molar-refractivity contribution in [2.45, 2.75) is 32.4 Å². The van der Waals surface area contributed by atoms with Gasteiger partial charge in [0, 0.05) is 18.7 Å². The van der Waals surface area contributed by atoms with E-state index in [2.05, 4.69) is 18.9 Å². The van der Waals surface area contributed by atoms with Gasteiger partial charge in [-0.3, -0.25) is 4.68 Å². The quantitative estimate of drug-likeness (QED) is 0.899. The third-order valence-electron chi connectivity index (χ3n) is 3.10. The summed E-state index contributed by atoms with van der Waals surface area (Å²) < 4.78 is 7.00. The van der Waals surface area contributed by atoms with Crippen LogP contribution < -0.4 is 4.74 Å². The predicted molar refractivity (Wildman–Crippen MR) is 74.3 cm³/mol. The highest BCUT2D eigenvalue weighted by molar-refractivity contribution is 5.29. The number of rotatable bonds is 5. The minimum absolute atomic E-state index is 0.340. The summed E-state index contributed by atoms with van der Waals surface area (Å²) in [5, 5.41) is 14.6. The molecule has 102 valence electrons. The van der Waals surface area contributed by atoms with Crippen LogP contribution >= 0.6 is 0 Å². The lowest BCUT2D eigenvalue weighted by atomic mass is 10.1. The molecule has 0 aliphatic heterocycles. The van der Waals surface area contributed by atoms with E-state index < -0.39 is 6.10 Å². The maximum Gasteiger partial charge on any atom is 0.118 e. The molecule has 0 spiro atoms. The van der Waals surface area contributed by atoms with Crippen LogP contribution in [0.15, 0.2) is 36.5 Å². The minimum atomic E-state index is -0.540. The Morgan fingerprint density at radius 2 is 1.89 bits per heavy atom. The van der Waals surface area contributed by atoms with Crippen LogP contribution in [-0.2, 0) is 6.42 Å². The molecule has 4 nitrogen and oxygen atoms in total. The zero-order valence-electron chi connectivity index (χ0n) is 11.6. The minimum Gasteiger partial charge on any atom is -0.497 e. The predicted octanol–water partition coefficient (Wildman–Crippen LogP) is 2.75. The highest BCUT2D eigenvalue weighted by Gasteiger charge is 2.11. The maximum atomic E-state index is 10.2. The second-order valence-corrected chi connectivity index (χ2v) is 4.87. The highest BCUT2D eigenvalue weighted by atomic mass is 16.5. The van der Waals surface area contributed by atoms with Gasteiger partial charge in [0.25, 0.3) is 0 Å². The van der Waals surface area contributed by atoms with Gasteiger partial charge in [-0.2, -0.15) is 5.10 Å². The number of aliphatic hydroxyl groups excluding tert-OH is 1. The molecule has 0 saturated heterocycles. The fourth-order valence-electron chi connectivity index (χ4n) is 1.92. The molecule has 0 aliphatic carbocycles. The monoisotopic (exact) mass is 260 g/mol. The summed E-state index contributed by atoms with van der Waals surface area (Å²) in [5.41, 5.74) is 1.77. The molecule has 19 heavy (non-hydrogen) atoms. The van der Waals surface area contributed by atoms with E-state index in [1.165, 1.54) is 0 Å². The average Bonchev–Trinajstić information content (AvgIpc) is 2.87. The third kappa shape index (κ3) is 3.35. The molecule has 0 amide bonds. The summed E-state index contributed by atoms with van der Waals surface area (Å²) in [6.07, 6.45) is 1.92. The molecule has 0 radical (unpaired) electrons. The van der Waals surface area contributed by atoms with Gasteiger partial charge in [-0.05, 0) is 37.6 Å². The molecule has 4 heteroatoms. The molecule has 2 rings (SSSR count). The first kappa shape index (κ1) is 13.6. The number of ether oxygens (including phenoxy) is 1. The zero-order valence-corrected chi connectivity index (χ0v) is 11.6. The van der Waals surface area contributed by atoms with Crippen LogP contribution in [0.1, 0.15) is 37.3 Å². The van der Waals surface area contributed by atoms with Crippen LogP contribution in [0.25, 0.3) is 0 Å². The van der Waals surface area contributed by atoms with Crippen LogP contribution in [0.4, 0.5) is 0 Å². The van der Waals surface area contributed by atoms with E-state index >= 15 is 0 Å². The summed E-state index contributed by atoms with van der Waals surface area (Å²) in [4.78, 5) is 0. The number of benzene rings is 1. The SMILES string of the molecule is COc1ccc(C(O)Cc2ccn(C(C)C)n2)cc1. The number of hydrogen-bond donors (Lipinski definition) is 1. The molecule has 1 unspecified atom stereocenters. The Balaban J connectivity index is 2.04. The average molecular weight is 260 g/mol. The van der Waals surface area contributed by atoms with Crippen molar-refractivity contribution in [2.75, 3.05) is 7.11 Å². The Hall–Kier alpha value is -1.81. The molecule has 0 aliphatic rings. The molecule has 0 fully saturated rings. The van der Waals surface area contributed by atoms with Crippen LogP contribution in [-0.4, -0.2) is 22.0 Å². The van der Waals surface area contributed by atoms with Crippen LogP contribution in [0.2, 0.25) is 0 Å². The van der Waals surface area contributed by atoms with Crippen molar-refractivity contribution in [3.8, 4) is 5.75 Å². The van der Waals surface area contributed by atoms with Gasteiger partial charge >= 0.3 is 0 Å². The van der Waals surface area contributed by atoms with Crippen LogP contribution in [0, 0.1) is 0 Å². The topological polar surface area (TPSA) is 47.3 Å². The standard InChI is InChI=1S/C15H20N2O2/c1-11(2)17-9-8-13(16-17)10-15(18)12-4-6-14(19-3)7-5-12/h4-9,11,15,18H,10H2,1-3H3. The molecule has 1 aromatic carbocycles. The first-order valence-electron chi connectivity index (χ1n) is 6.46. The molecule has 1 aromatic heterocycles. The van der Waals surface area contributed by atoms with Crippen molar-refractivity contribution in [2.24, 2.45) is 0 Å². The van der Waals surface area contributed by atoms with E-state index in [4.69, 9.17) is 4.74 Å². The van der Waals surface area contributed by atoms with Crippen molar-refractivity contribution in [1.29, 1.82) is 0 Å².